The monoisotopic (exact) mass is 320 g/mol. The average molecular weight is 321 g/mol. The van der Waals surface area contributed by atoms with E-state index in [-0.39, 0.29) is 16.5 Å². The van der Waals surface area contributed by atoms with E-state index in [1.165, 1.54) is 6.07 Å². The Morgan fingerprint density at radius 2 is 2.00 bits per heavy atom. The summed E-state index contributed by atoms with van der Waals surface area (Å²) < 4.78 is 26.3. The standard InChI is InChI=1S/C13H18BrFOS/c1-9(8-17(16)13(2,3)4)11-7-10(14)5-6-12(11)15/h5-7,9H,8H2,1-4H3/t9-,17-/m0/s1. The maximum Gasteiger partial charge on any atom is 0.126 e. The van der Waals surface area contributed by atoms with E-state index in [0.29, 0.717) is 11.3 Å². The van der Waals surface area contributed by atoms with Crippen LogP contribution in [0.5, 0.6) is 0 Å². The van der Waals surface area contributed by atoms with E-state index in [2.05, 4.69) is 15.9 Å². The number of benzene rings is 1. The molecule has 0 saturated carbocycles. The van der Waals surface area contributed by atoms with Crippen LogP contribution in [0.4, 0.5) is 4.39 Å². The molecule has 0 aliphatic heterocycles. The molecular weight excluding hydrogens is 303 g/mol. The number of hydrogen-bond acceptors (Lipinski definition) is 1. The molecule has 0 unspecified atom stereocenters. The molecule has 17 heavy (non-hydrogen) atoms. The van der Waals surface area contributed by atoms with Crippen molar-refractivity contribution in [3.05, 3.63) is 34.1 Å². The Labute approximate surface area is 113 Å². The third kappa shape index (κ3) is 4.18. The van der Waals surface area contributed by atoms with E-state index in [0.717, 1.165) is 4.47 Å². The van der Waals surface area contributed by atoms with Crippen molar-refractivity contribution >= 4 is 26.7 Å². The minimum absolute atomic E-state index is 0.0486. The van der Waals surface area contributed by atoms with E-state index in [9.17, 15) is 8.60 Å². The van der Waals surface area contributed by atoms with Crippen molar-refractivity contribution in [2.75, 3.05) is 5.75 Å². The molecule has 4 heteroatoms. The summed E-state index contributed by atoms with van der Waals surface area (Å²) in [6.07, 6.45) is 0. The largest absolute Gasteiger partial charge is 0.259 e. The van der Waals surface area contributed by atoms with Gasteiger partial charge in [-0.05, 0) is 50.5 Å². The normalized spacial score (nSPS) is 15.6. The molecule has 1 aromatic carbocycles. The Morgan fingerprint density at radius 1 is 1.41 bits per heavy atom. The first-order valence-corrected chi connectivity index (χ1v) is 7.66. The zero-order valence-corrected chi connectivity index (χ0v) is 13.0. The van der Waals surface area contributed by atoms with E-state index in [1.54, 1.807) is 12.1 Å². The van der Waals surface area contributed by atoms with Crippen LogP contribution >= 0.6 is 15.9 Å². The molecule has 1 rings (SSSR count). The molecule has 0 aliphatic rings. The quantitative estimate of drug-likeness (QED) is 0.814. The summed E-state index contributed by atoms with van der Waals surface area (Å²) in [5, 5.41) is 0. The molecule has 1 nitrogen and oxygen atoms in total. The molecule has 0 fully saturated rings. The van der Waals surface area contributed by atoms with Crippen LogP contribution in [-0.4, -0.2) is 14.7 Å². The lowest BCUT2D eigenvalue weighted by atomic mass is 10.0. The van der Waals surface area contributed by atoms with Gasteiger partial charge in [-0.3, -0.25) is 4.21 Å². The van der Waals surface area contributed by atoms with Crippen LogP contribution in [0.3, 0.4) is 0 Å². The van der Waals surface area contributed by atoms with Gasteiger partial charge in [0.25, 0.3) is 0 Å². The highest BCUT2D eigenvalue weighted by Gasteiger charge is 2.23. The van der Waals surface area contributed by atoms with Gasteiger partial charge in [-0.15, -0.1) is 0 Å². The maximum absolute atomic E-state index is 13.6. The zero-order valence-electron chi connectivity index (χ0n) is 10.6. The first kappa shape index (κ1) is 14.8. The molecule has 0 N–H and O–H groups in total. The number of halogens is 2. The fourth-order valence-electron chi connectivity index (χ4n) is 1.46. The van der Waals surface area contributed by atoms with Gasteiger partial charge in [0.15, 0.2) is 0 Å². The van der Waals surface area contributed by atoms with Crippen molar-refractivity contribution in [1.82, 2.24) is 0 Å². The minimum Gasteiger partial charge on any atom is -0.259 e. The second kappa shape index (κ2) is 5.61. The number of hydrogen-bond donors (Lipinski definition) is 0. The molecule has 0 amide bonds. The molecular formula is C13H18BrFOS. The van der Waals surface area contributed by atoms with Crippen molar-refractivity contribution in [3.63, 3.8) is 0 Å². The lowest BCUT2D eigenvalue weighted by Crippen LogP contribution is -2.26. The van der Waals surface area contributed by atoms with Gasteiger partial charge in [0.1, 0.15) is 5.82 Å². The van der Waals surface area contributed by atoms with Gasteiger partial charge in [-0.2, -0.15) is 0 Å². The molecule has 0 saturated heterocycles. The van der Waals surface area contributed by atoms with Gasteiger partial charge in [0.2, 0.25) is 0 Å². The summed E-state index contributed by atoms with van der Waals surface area (Å²) >= 11 is 3.33. The first-order valence-electron chi connectivity index (χ1n) is 5.55. The summed E-state index contributed by atoms with van der Waals surface area (Å²) in [6.45, 7) is 7.72. The van der Waals surface area contributed by atoms with E-state index in [4.69, 9.17) is 0 Å². The van der Waals surface area contributed by atoms with E-state index < -0.39 is 10.8 Å². The third-order valence-corrected chi connectivity index (χ3v) is 5.24. The highest BCUT2D eigenvalue weighted by Crippen LogP contribution is 2.26. The number of rotatable bonds is 3. The highest BCUT2D eigenvalue weighted by molar-refractivity contribution is 9.10. The summed E-state index contributed by atoms with van der Waals surface area (Å²) in [7, 11) is -0.965. The fourth-order valence-corrected chi connectivity index (χ4v) is 2.97. The van der Waals surface area contributed by atoms with Crippen molar-refractivity contribution < 1.29 is 8.60 Å². The summed E-state index contributed by atoms with van der Waals surface area (Å²) in [5.41, 5.74) is 0.622. The Kier molecular flexibility index (Phi) is 4.90. The van der Waals surface area contributed by atoms with Gasteiger partial charge in [-0.1, -0.05) is 22.9 Å². The van der Waals surface area contributed by atoms with Crippen molar-refractivity contribution in [2.45, 2.75) is 38.4 Å². The highest BCUT2D eigenvalue weighted by atomic mass is 79.9. The molecule has 0 radical (unpaired) electrons. The van der Waals surface area contributed by atoms with Crippen LogP contribution in [0.15, 0.2) is 22.7 Å². The summed E-state index contributed by atoms with van der Waals surface area (Å²) in [5.74, 6) is 0.204. The van der Waals surface area contributed by atoms with Crippen LogP contribution < -0.4 is 0 Å². The molecule has 2 atom stereocenters. The van der Waals surface area contributed by atoms with Crippen molar-refractivity contribution in [2.24, 2.45) is 0 Å². The summed E-state index contributed by atoms with van der Waals surface area (Å²) in [4.78, 5) is 0. The SMILES string of the molecule is C[C@@H](C[S@](=O)C(C)(C)C)c1cc(Br)ccc1F. The minimum atomic E-state index is -0.965. The average Bonchev–Trinajstić information content (AvgIpc) is 2.20. The Morgan fingerprint density at radius 3 is 2.53 bits per heavy atom. The predicted octanol–water partition coefficient (Wildman–Crippen LogP) is 4.24. The van der Waals surface area contributed by atoms with E-state index >= 15 is 0 Å². The topological polar surface area (TPSA) is 17.1 Å². The van der Waals surface area contributed by atoms with Gasteiger partial charge < -0.3 is 0 Å². The molecule has 1 aromatic rings. The predicted molar refractivity (Wildman–Crippen MR) is 75.3 cm³/mol. The van der Waals surface area contributed by atoms with E-state index in [1.807, 2.05) is 27.7 Å². The molecule has 0 aromatic heterocycles. The molecule has 0 aliphatic carbocycles. The molecule has 0 heterocycles. The molecule has 0 bridgehead atoms. The Bertz CT molecular complexity index is 426. The molecule has 0 spiro atoms. The second-order valence-corrected chi connectivity index (χ2v) is 8.36. The van der Waals surface area contributed by atoms with Crippen LogP contribution in [0.25, 0.3) is 0 Å². The molecule has 96 valence electrons. The fraction of sp³-hybridized carbons (Fsp3) is 0.538. The van der Waals surface area contributed by atoms with Crippen LogP contribution in [0.2, 0.25) is 0 Å². The van der Waals surface area contributed by atoms with Gasteiger partial charge in [0.05, 0.1) is 0 Å². The summed E-state index contributed by atoms with van der Waals surface area (Å²) in [6, 6.07) is 4.88. The van der Waals surface area contributed by atoms with Gasteiger partial charge >= 0.3 is 0 Å². The van der Waals surface area contributed by atoms with Gasteiger partial charge in [0, 0.05) is 25.8 Å². The first-order chi connectivity index (χ1) is 7.71. The van der Waals surface area contributed by atoms with Gasteiger partial charge in [-0.25, -0.2) is 4.39 Å². The maximum atomic E-state index is 13.6. The second-order valence-electron chi connectivity index (χ2n) is 5.19. The van der Waals surface area contributed by atoms with Crippen molar-refractivity contribution in [3.8, 4) is 0 Å². The van der Waals surface area contributed by atoms with Crippen LogP contribution in [0.1, 0.15) is 39.2 Å². The third-order valence-electron chi connectivity index (χ3n) is 2.57. The Hall–Kier alpha value is -0.220. The Balaban J connectivity index is 2.87. The van der Waals surface area contributed by atoms with Crippen LogP contribution in [-0.2, 0) is 10.8 Å². The van der Waals surface area contributed by atoms with Crippen LogP contribution in [0, 0.1) is 5.82 Å². The zero-order chi connectivity index (χ0) is 13.2. The lowest BCUT2D eigenvalue weighted by molar-refractivity contribution is 0.594. The smallest absolute Gasteiger partial charge is 0.126 e. The van der Waals surface area contributed by atoms with Crippen molar-refractivity contribution in [1.29, 1.82) is 0 Å². The lowest BCUT2D eigenvalue weighted by Gasteiger charge is -2.21.